The van der Waals surface area contributed by atoms with Gasteiger partial charge in [-0.1, -0.05) is 38.1 Å². The number of quaternary nitrogens is 1. The number of aliphatic hydroxyl groups excluding tert-OH is 1. The summed E-state index contributed by atoms with van der Waals surface area (Å²) in [6.45, 7) is 8.19. The van der Waals surface area contributed by atoms with Crippen LogP contribution in [0.25, 0.3) is 11.3 Å². The van der Waals surface area contributed by atoms with Crippen LogP contribution in [-0.4, -0.2) is 11.7 Å². The Balaban J connectivity index is 2.01. The maximum absolute atomic E-state index is 9.50. The number of aliphatic hydroxyl groups is 1. The molecule has 0 aliphatic carbocycles. The van der Waals surface area contributed by atoms with Gasteiger partial charge in [0.25, 0.3) is 0 Å². The molecule has 3 N–H and O–H groups in total. The minimum atomic E-state index is -0.429. The number of furan rings is 1. The van der Waals surface area contributed by atoms with Crippen molar-refractivity contribution in [3.63, 3.8) is 0 Å². The van der Waals surface area contributed by atoms with Crippen LogP contribution in [0, 0.1) is 5.92 Å². The molecule has 1 heterocycles. The highest BCUT2D eigenvalue weighted by Crippen LogP contribution is 2.23. The van der Waals surface area contributed by atoms with Gasteiger partial charge < -0.3 is 14.8 Å². The summed E-state index contributed by atoms with van der Waals surface area (Å²) in [7, 11) is 0. The number of nitrogens with two attached hydrogens (primary N) is 1. The van der Waals surface area contributed by atoms with Crippen molar-refractivity contribution in [2.45, 2.75) is 33.4 Å². The molecule has 0 fully saturated rings. The summed E-state index contributed by atoms with van der Waals surface area (Å²) in [5, 5.41) is 11.8. The van der Waals surface area contributed by atoms with Gasteiger partial charge in [-0.15, -0.1) is 0 Å². The van der Waals surface area contributed by atoms with Crippen molar-refractivity contribution in [3.8, 4) is 11.3 Å². The fourth-order valence-corrected chi connectivity index (χ4v) is 2.13. The zero-order chi connectivity index (χ0) is 14.5. The van der Waals surface area contributed by atoms with Crippen LogP contribution in [0.15, 0.2) is 40.8 Å². The molecular weight excluding hydrogens is 250 g/mol. The van der Waals surface area contributed by atoms with Crippen LogP contribution in [0.5, 0.6) is 0 Å². The second kappa shape index (κ2) is 6.73. The van der Waals surface area contributed by atoms with Crippen LogP contribution in [-0.2, 0) is 6.54 Å². The second-order valence-electron chi connectivity index (χ2n) is 5.69. The molecule has 1 aromatic heterocycles. The number of benzene rings is 1. The van der Waals surface area contributed by atoms with E-state index in [1.807, 2.05) is 36.4 Å². The quantitative estimate of drug-likeness (QED) is 0.851. The van der Waals surface area contributed by atoms with E-state index in [2.05, 4.69) is 19.2 Å². The predicted octanol–water partition coefficient (Wildman–Crippen LogP) is 2.72. The molecule has 0 spiro atoms. The SMILES string of the molecule is CC(C)C[NH2+]Cc1ccc(-c2ccc([C@H](C)O)cc2)o1. The first-order chi connectivity index (χ1) is 9.56. The first kappa shape index (κ1) is 14.8. The third-order valence-electron chi connectivity index (χ3n) is 3.32. The lowest BCUT2D eigenvalue weighted by Crippen LogP contribution is -2.83. The molecule has 3 nitrogen and oxygen atoms in total. The van der Waals surface area contributed by atoms with Crippen molar-refractivity contribution in [2.75, 3.05) is 6.54 Å². The number of rotatable bonds is 6. The van der Waals surface area contributed by atoms with Crippen LogP contribution in [0.2, 0.25) is 0 Å². The molecule has 20 heavy (non-hydrogen) atoms. The van der Waals surface area contributed by atoms with Crippen LogP contribution >= 0.6 is 0 Å². The van der Waals surface area contributed by atoms with E-state index < -0.39 is 6.10 Å². The van der Waals surface area contributed by atoms with Crippen LogP contribution < -0.4 is 5.32 Å². The summed E-state index contributed by atoms with van der Waals surface area (Å²) >= 11 is 0. The van der Waals surface area contributed by atoms with Gasteiger partial charge in [0, 0.05) is 11.5 Å². The third-order valence-corrected chi connectivity index (χ3v) is 3.32. The van der Waals surface area contributed by atoms with Crippen LogP contribution in [0.4, 0.5) is 0 Å². The van der Waals surface area contributed by atoms with Gasteiger partial charge in [0.05, 0.1) is 12.6 Å². The Labute approximate surface area is 120 Å². The zero-order valence-corrected chi connectivity index (χ0v) is 12.5. The van der Waals surface area contributed by atoms with Crippen LogP contribution in [0.1, 0.15) is 38.2 Å². The van der Waals surface area contributed by atoms with E-state index in [1.165, 1.54) is 0 Å². The van der Waals surface area contributed by atoms with Crippen molar-refractivity contribution in [1.82, 2.24) is 0 Å². The van der Waals surface area contributed by atoms with Gasteiger partial charge in [-0.2, -0.15) is 0 Å². The molecule has 0 aliphatic rings. The average Bonchev–Trinajstić information content (AvgIpc) is 2.87. The summed E-state index contributed by atoms with van der Waals surface area (Å²) in [5.74, 6) is 2.58. The van der Waals surface area contributed by atoms with Crippen molar-refractivity contribution < 1.29 is 14.8 Å². The minimum absolute atomic E-state index is 0.429. The monoisotopic (exact) mass is 274 g/mol. The van der Waals surface area contributed by atoms with E-state index in [1.54, 1.807) is 6.92 Å². The smallest absolute Gasteiger partial charge is 0.158 e. The van der Waals surface area contributed by atoms with E-state index in [4.69, 9.17) is 4.42 Å². The predicted molar refractivity (Wildman–Crippen MR) is 80.1 cm³/mol. The van der Waals surface area contributed by atoms with Crippen molar-refractivity contribution in [2.24, 2.45) is 5.92 Å². The number of hydrogen-bond acceptors (Lipinski definition) is 2. The topological polar surface area (TPSA) is 50.0 Å². The first-order valence-electron chi connectivity index (χ1n) is 7.25. The second-order valence-corrected chi connectivity index (χ2v) is 5.69. The fraction of sp³-hybridized carbons (Fsp3) is 0.412. The summed E-state index contributed by atoms with van der Waals surface area (Å²) < 4.78 is 5.86. The fourth-order valence-electron chi connectivity index (χ4n) is 2.13. The molecule has 3 heteroatoms. The van der Waals surface area contributed by atoms with Gasteiger partial charge >= 0.3 is 0 Å². The lowest BCUT2D eigenvalue weighted by molar-refractivity contribution is -0.676. The van der Waals surface area contributed by atoms with Gasteiger partial charge in [0.1, 0.15) is 12.3 Å². The Bertz CT molecular complexity index is 526. The van der Waals surface area contributed by atoms with E-state index in [0.29, 0.717) is 5.92 Å². The van der Waals surface area contributed by atoms with Gasteiger partial charge in [0.15, 0.2) is 5.76 Å². The number of hydrogen-bond donors (Lipinski definition) is 2. The highest BCUT2D eigenvalue weighted by molar-refractivity contribution is 5.58. The van der Waals surface area contributed by atoms with Crippen LogP contribution in [0.3, 0.4) is 0 Å². The summed E-state index contributed by atoms with van der Waals surface area (Å²) in [4.78, 5) is 0. The van der Waals surface area contributed by atoms with Crippen molar-refractivity contribution in [1.29, 1.82) is 0 Å². The molecule has 0 aliphatic heterocycles. The standard InChI is InChI=1S/C17H23NO2/c1-12(2)10-18-11-16-8-9-17(20-16)15-6-4-14(5-7-15)13(3)19/h4-9,12-13,18-19H,10-11H2,1-3H3/p+1/t13-/m0/s1. The molecule has 0 unspecified atom stereocenters. The molecule has 2 rings (SSSR count). The Hall–Kier alpha value is -1.58. The minimum Gasteiger partial charge on any atom is -0.455 e. The molecule has 108 valence electrons. The summed E-state index contributed by atoms with van der Waals surface area (Å²) in [6, 6.07) is 11.9. The Morgan fingerprint density at radius 2 is 1.75 bits per heavy atom. The molecule has 0 amide bonds. The van der Waals surface area contributed by atoms with E-state index in [9.17, 15) is 5.11 Å². The van der Waals surface area contributed by atoms with Gasteiger partial charge in [-0.3, -0.25) is 0 Å². The average molecular weight is 274 g/mol. The Morgan fingerprint density at radius 3 is 2.35 bits per heavy atom. The highest BCUT2D eigenvalue weighted by atomic mass is 16.3. The lowest BCUT2D eigenvalue weighted by atomic mass is 10.1. The largest absolute Gasteiger partial charge is 0.455 e. The van der Waals surface area contributed by atoms with Crippen molar-refractivity contribution in [3.05, 3.63) is 47.7 Å². The third kappa shape index (κ3) is 3.95. The van der Waals surface area contributed by atoms with E-state index in [-0.39, 0.29) is 0 Å². The highest BCUT2D eigenvalue weighted by Gasteiger charge is 2.07. The Kier molecular flexibility index (Phi) is 4.99. The maximum Gasteiger partial charge on any atom is 0.158 e. The van der Waals surface area contributed by atoms with Crippen molar-refractivity contribution >= 4 is 0 Å². The molecule has 0 saturated carbocycles. The van der Waals surface area contributed by atoms with E-state index >= 15 is 0 Å². The van der Waals surface area contributed by atoms with E-state index in [0.717, 1.165) is 35.7 Å². The normalized spacial score (nSPS) is 12.8. The molecule has 0 saturated heterocycles. The Morgan fingerprint density at radius 1 is 1.05 bits per heavy atom. The molecular formula is C17H24NO2+. The molecule has 1 atom stereocenters. The van der Waals surface area contributed by atoms with Gasteiger partial charge in [-0.05, 0) is 24.6 Å². The summed E-state index contributed by atoms with van der Waals surface area (Å²) in [6.07, 6.45) is -0.429. The molecule has 2 aromatic rings. The molecule has 0 radical (unpaired) electrons. The summed E-state index contributed by atoms with van der Waals surface area (Å²) in [5.41, 5.74) is 1.97. The first-order valence-corrected chi connectivity index (χ1v) is 7.25. The molecule has 0 bridgehead atoms. The maximum atomic E-state index is 9.50. The molecule has 1 aromatic carbocycles. The zero-order valence-electron chi connectivity index (χ0n) is 12.5. The van der Waals surface area contributed by atoms with Gasteiger partial charge in [0.2, 0.25) is 0 Å². The van der Waals surface area contributed by atoms with Gasteiger partial charge in [-0.25, -0.2) is 0 Å². The lowest BCUT2D eigenvalue weighted by Gasteiger charge is -2.05.